The molecule has 0 aliphatic carbocycles. The zero-order valence-corrected chi connectivity index (χ0v) is 13.9. The van der Waals surface area contributed by atoms with Crippen molar-refractivity contribution in [3.05, 3.63) is 65.2 Å². The highest BCUT2D eigenvalue weighted by Gasteiger charge is 2.20. The largest absolute Gasteiger partial charge is 0.477 e. The quantitative estimate of drug-likeness (QED) is 0.548. The lowest BCUT2D eigenvalue weighted by molar-refractivity contribution is 0.0703. The third kappa shape index (κ3) is 2.27. The summed E-state index contributed by atoms with van der Waals surface area (Å²) in [6.07, 6.45) is 2.74. The van der Waals surface area contributed by atoms with E-state index in [1.807, 2.05) is 36.4 Å². The SMILES string of the molecule is CCc1ccc2ncc3c(-c4ccccc4)c(C(=O)O)sc3c2c1. The number of fused-ring (bicyclic) bond motifs is 3. The van der Waals surface area contributed by atoms with Crippen LogP contribution in [0.3, 0.4) is 0 Å². The molecule has 3 nitrogen and oxygen atoms in total. The summed E-state index contributed by atoms with van der Waals surface area (Å²) in [6, 6.07) is 15.9. The molecule has 2 aromatic heterocycles. The first-order valence-electron chi connectivity index (χ1n) is 7.82. The number of pyridine rings is 1. The summed E-state index contributed by atoms with van der Waals surface area (Å²) in [6.45, 7) is 2.11. The zero-order valence-electron chi connectivity index (χ0n) is 13.1. The van der Waals surface area contributed by atoms with Gasteiger partial charge < -0.3 is 5.11 Å². The van der Waals surface area contributed by atoms with Crippen LogP contribution in [0.15, 0.2) is 54.7 Å². The van der Waals surface area contributed by atoms with Crippen LogP contribution >= 0.6 is 11.3 Å². The molecule has 4 rings (SSSR count). The second kappa shape index (κ2) is 5.73. The van der Waals surface area contributed by atoms with Crippen LogP contribution in [0.1, 0.15) is 22.2 Å². The standard InChI is InChI=1S/C20H15NO2S/c1-2-12-8-9-16-14(10-12)18-15(11-21-16)17(19(24-18)20(22)23)13-6-4-3-5-7-13/h3-11H,2H2,1H3,(H,22,23). The molecule has 0 aliphatic heterocycles. The summed E-state index contributed by atoms with van der Waals surface area (Å²) in [4.78, 5) is 16.7. The number of aromatic nitrogens is 1. The third-order valence-electron chi connectivity index (χ3n) is 4.25. The van der Waals surface area contributed by atoms with Gasteiger partial charge in [0, 0.05) is 27.2 Å². The Morgan fingerprint density at radius 3 is 2.62 bits per heavy atom. The van der Waals surface area contributed by atoms with Gasteiger partial charge in [-0.3, -0.25) is 4.98 Å². The number of carbonyl (C=O) groups is 1. The molecule has 2 heterocycles. The number of rotatable bonds is 3. The predicted molar refractivity (Wildman–Crippen MR) is 98.9 cm³/mol. The number of benzene rings is 2. The molecule has 0 fully saturated rings. The molecule has 4 heteroatoms. The first-order chi connectivity index (χ1) is 11.7. The number of aromatic carboxylic acids is 1. The van der Waals surface area contributed by atoms with Crippen molar-refractivity contribution < 1.29 is 9.90 Å². The van der Waals surface area contributed by atoms with E-state index < -0.39 is 5.97 Å². The highest BCUT2D eigenvalue weighted by Crippen LogP contribution is 2.41. The zero-order chi connectivity index (χ0) is 16.7. The first-order valence-corrected chi connectivity index (χ1v) is 8.63. The summed E-state index contributed by atoms with van der Waals surface area (Å²) in [5.41, 5.74) is 3.80. The molecule has 0 amide bonds. The fourth-order valence-electron chi connectivity index (χ4n) is 3.04. The van der Waals surface area contributed by atoms with Crippen molar-refractivity contribution in [1.29, 1.82) is 0 Å². The van der Waals surface area contributed by atoms with Gasteiger partial charge in [0.2, 0.25) is 0 Å². The van der Waals surface area contributed by atoms with E-state index in [-0.39, 0.29) is 0 Å². The molecule has 118 valence electrons. The van der Waals surface area contributed by atoms with E-state index in [0.29, 0.717) is 4.88 Å². The van der Waals surface area contributed by atoms with Crippen LogP contribution < -0.4 is 0 Å². The van der Waals surface area contributed by atoms with Crippen molar-refractivity contribution in [3.63, 3.8) is 0 Å². The average Bonchev–Trinajstić information content (AvgIpc) is 3.02. The average molecular weight is 333 g/mol. The molecule has 1 N–H and O–H groups in total. The lowest BCUT2D eigenvalue weighted by atomic mass is 10.0. The molecule has 24 heavy (non-hydrogen) atoms. The number of carboxylic acid groups (broad SMARTS) is 1. The molecular formula is C20H15NO2S. The maximum atomic E-state index is 11.8. The Labute approximate surface area is 143 Å². The van der Waals surface area contributed by atoms with Crippen molar-refractivity contribution in [2.75, 3.05) is 0 Å². The Morgan fingerprint density at radius 1 is 1.12 bits per heavy atom. The summed E-state index contributed by atoms with van der Waals surface area (Å²) >= 11 is 1.34. The Hall–Kier alpha value is -2.72. The molecule has 0 spiro atoms. The highest BCUT2D eigenvalue weighted by molar-refractivity contribution is 7.22. The van der Waals surface area contributed by atoms with Gasteiger partial charge in [0.05, 0.1) is 5.52 Å². The van der Waals surface area contributed by atoms with Gasteiger partial charge >= 0.3 is 5.97 Å². The van der Waals surface area contributed by atoms with Crippen LogP contribution in [0.5, 0.6) is 0 Å². The lowest BCUT2D eigenvalue weighted by Gasteiger charge is -2.04. The van der Waals surface area contributed by atoms with Crippen molar-refractivity contribution in [3.8, 4) is 11.1 Å². The number of carboxylic acids is 1. The molecule has 0 aliphatic rings. The van der Waals surface area contributed by atoms with Crippen molar-refractivity contribution in [2.24, 2.45) is 0 Å². The Morgan fingerprint density at radius 2 is 1.92 bits per heavy atom. The van der Waals surface area contributed by atoms with Gasteiger partial charge in [-0.25, -0.2) is 4.79 Å². The first kappa shape index (κ1) is 14.8. The number of nitrogens with zero attached hydrogens (tertiary/aromatic N) is 1. The normalized spacial score (nSPS) is 11.2. The van der Waals surface area contributed by atoms with E-state index in [2.05, 4.69) is 24.0 Å². The van der Waals surface area contributed by atoms with Gasteiger partial charge in [0.25, 0.3) is 0 Å². The van der Waals surface area contributed by atoms with Gasteiger partial charge in [0.15, 0.2) is 0 Å². The van der Waals surface area contributed by atoms with Crippen LogP contribution in [0, 0.1) is 0 Å². The Bertz CT molecular complexity index is 1070. The monoisotopic (exact) mass is 333 g/mol. The van der Waals surface area contributed by atoms with E-state index in [0.717, 1.165) is 38.5 Å². The van der Waals surface area contributed by atoms with Gasteiger partial charge in [-0.05, 0) is 29.7 Å². The summed E-state index contributed by atoms with van der Waals surface area (Å²) in [5.74, 6) is -0.894. The van der Waals surface area contributed by atoms with E-state index in [9.17, 15) is 9.90 Å². The number of thiophene rings is 1. The minimum atomic E-state index is -0.894. The van der Waals surface area contributed by atoms with E-state index in [4.69, 9.17) is 0 Å². The second-order valence-electron chi connectivity index (χ2n) is 5.68. The Balaban J connectivity index is 2.13. The maximum Gasteiger partial charge on any atom is 0.346 e. The van der Waals surface area contributed by atoms with Crippen LogP contribution in [0.2, 0.25) is 0 Å². The summed E-state index contributed by atoms with van der Waals surface area (Å²) in [7, 11) is 0. The Kier molecular flexibility index (Phi) is 3.54. The summed E-state index contributed by atoms with van der Waals surface area (Å²) in [5, 5.41) is 11.6. The van der Waals surface area contributed by atoms with E-state index >= 15 is 0 Å². The maximum absolute atomic E-state index is 11.8. The molecule has 0 atom stereocenters. The van der Waals surface area contributed by atoms with Crippen LogP contribution in [0.25, 0.3) is 32.1 Å². The second-order valence-corrected chi connectivity index (χ2v) is 6.70. The number of aryl methyl sites for hydroxylation is 1. The molecule has 0 bridgehead atoms. The highest BCUT2D eigenvalue weighted by atomic mass is 32.1. The summed E-state index contributed by atoms with van der Waals surface area (Å²) < 4.78 is 0.992. The van der Waals surface area contributed by atoms with Crippen LogP contribution in [-0.4, -0.2) is 16.1 Å². The minimum Gasteiger partial charge on any atom is -0.477 e. The minimum absolute atomic E-state index is 0.368. The molecule has 0 saturated heterocycles. The predicted octanol–water partition coefficient (Wildman–Crippen LogP) is 5.38. The molecule has 0 radical (unpaired) electrons. The molecular weight excluding hydrogens is 318 g/mol. The van der Waals surface area contributed by atoms with Gasteiger partial charge in [0.1, 0.15) is 4.88 Å². The van der Waals surface area contributed by atoms with Crippen molar-refractivity contribution in [1.82, 2.24) is 4.98 Å². The fraction of sp³-hybridized carbons (Fsp3) is 0.100. The van der Waals surface area contributed by atoms with E-state index in [1.165, 1.54) is 16.9 Å². The van der Waals surface area contributed by atoms with Gasteiger partial charge in [-0.15, -0.1) is 11.3 Å². The fourth-order valence-corrected chi connectivity index (χ4v) is 4.20. The molecule has 0 unspecified atom stereocenters. The van der Waals surface area contributed by atoms with Gasteiger partial charge in [-0.2, -0.15) is 0 Å². The number of hydrogen-bond acceptors (Lipinski definition) is 3. The smallest absolute Gasteiger partial charge is 0.346 e. The van der Waals surface area contributed by atoms with Crippen molar-refractivity contribution >= 4 is 38.3 Å². The third-order valence-corrected chi connectivity index (χ3v) is 5.48. The molecule has 2 aromatic carbocycles. The van der Waals surface area contributed by atoms with Crippen LogP contribution in [0.4, 0.5) is 0 Å². The molecule has 4 aromatic rings. The van der Waals surface area contributed by atoms with Crippen molar-refractivity contribution in [2.45, 2.75) is 13.3 Å². The van der Waals surface area contributed by atoms with Gasteiger partial charge in [-0.1, -0.05) is 43.3 Å². The number of hydrogen-bond donors (Lipinski definition) is 1. The van der Waals surface area contributed by atoms with Crippen LogP contribution in [-0.2, 0) is 6.42 Å². The van der Waals surface area contributed by atoms with E-state index in [1.54, 1.807) is 6.20 Å². The molecule has 0 saturated carbocycles. The lowest BCUT2D eigenvalue weighted by Crippen LogP contribution is -1.94. The topological polar surface area (TPSA) is 50.2 Å².